The summed E-state index contributed by atoms with van der Waals surface area (Å²) in [6.07, 6.45) is 3.65. The Bertz CT molecular complexity index is 474. The molecule has 0 saturated carbocycles. The number of hydrogen-bond acceptors (Lipinski definition) is 2. The predicted molar refractivity (Wildman–Crippen MR) is 60.1 cm³/mol. The van der Waals surface area contributed by atoms with E-state index >= 15 is 0 Å². The van der Waals surface area contributed by atoms with Crippen molar-refractivity contribution >= 4 is 11.3 Å². The third-order valence-corrected chi connectivity index (χ3v) is 2.79. The molecule has 0 aliphatic rings. The van der Waals surface area contributed by atoms with Crippen molar-refractivity contribution in [1.29, 1.82) is 0 Å². The fourth-order valence-corrected chi connectivity index (χ4v) is 2.04. The minimum atomic E-state index is 1.08. The van der Waals surface area contributed by atoms with E-state index in [0.29, 0.717) is 0 Å². The monoisotopic (exact) mass is 199 g/mol. The largest absolute Gasteiger partial charge is 0.264 e. The Morgan fingerprint density at radius 3 is 3.07 bits per heavy atom. The van der Waals surface area contributed by atoms with Crippen LogP contribution in [0.2, 0.25) is 0 Å². The maximum atomic E-state index is 4.09. The van der Waals surface area contributed by atoms with E-state index in [9.17, 15) is 0 Å². The minimum absolute atomic E-state index is 1.08. The molecule has 0 atom stereocenters. The van der Waals surface area contributed by atoms with Gasteiger partial charge in [-0.05, 0) is 19.1 Å². The third kappa shape index (κ3) is 1.84. The van der Waals surface area contributed by atoms with Gasteiger partial charge in [0.05, 0.1) is 0 Å². The molecule has 2 rings (SSSR count). The average Bonchev–Trinajstić information content (AvgIpc) is 2.68. The normalized spacial score (nSPS) is 9.21. The van der Waals surface area contributed by atoms with Crippen LogP contribution in [0.1, 0.15) is 12.5 Å². The Kier molecular flexibility index (Phi) is 2.62. The molecule has 2 aromatic rings. The molecule has 2 heteroatoms. The zero-order valence-electron chi connectivity index (χ0n) is 7.82. The zero-order chi connectivity index (χ0) is 9.80. The molecule has 1 nitrogen and oxygen atoms in total. The van der Waals surface area contributed by atoms with Crippen molar-refractivity contribution in [3.8, 4) is 22.3 Å². The number of aromatic nitrogens is 1. The van der Waals surface area contributed by atoms with Gasteiger partial charge in [0.1, 0.15) is 0 Å². The summed E-state index contributed by atoms with van der Waals surface area (Å²) in [5.41, 5.74) is 2.23. The highest BCUT2D eigenvalue weighted by Crippen LogP contribution is 2.25. The molecule has 0 radical (unpaired) electrons. The van der Waals surface area contributed by atoms with Gasteiger partial charge in [0.25, 0.3) is 0 Å². The fraction of sp³-hybridized carbons (Fsp3) is 0.0833. The van der Waals surface area contributed by atoms with Crippen LogP contribution >= 0.6 is 11.3 Å². The molecule has 68 valence electrons. The second-order valence-electron chi connectivity index (χ2n) is 2.82. The summed E-state index contributed by atoms with van der Waals surface area (Å²) in [4.78, 5) is 5.31. The maximum Gasteiger partial charge on any atom is 0.0371 e. The molecule has 0 N–H and O–H groups in total. The maximum absolute atomic E-state index is 4.09. The average molecular weight is 199 g/mol. The number of thiophene rings is 1. The molecule has 0 aliphatic carbocycles. The van der Waals surface area contributed by atoms with Crippen LogP contribution in [0, 0.1) is 11.8 Å². The lowest BCUT2D eigenvalue weighted by Gasteiger charge is -1.92. The van der Waals surface area contributed by atoms with E-state index in [0.717, 1.165) is 11.1 Å². The van der Waals surface area contributed by atoms with Gasteiger partial charge < -0.3 is 0 Å². The number of nitrogens with zero attached hydrogens (tertiary/aromatic N) is 1. The second-order valence-corrected chi connectivity index (χ2v) is 3.73. The van der Waals surface area contributed by atoms with Crippen LogP contribution in [-0.2, 0) is 0 Å². The molecule has 2 heterocycles. The smallest absolute Gasteiger partial charge is 0.0371 e. The molecule has 0 unspecified atom stereocenters. The minimum Gasteiger partial charge on any atom is -0.264 e. The summed E-state index contributed by atoms with van der Waals surface area (Å²) >= 11 is 1.70. The molecule has 0 fully saturated rings. The van der Waals surface area contributed by atoms with Gasteiger partial charge in [0, 0.05) is 33.8 Å². The Hall–Kier alpha value is -1.59. The van der Waals surface area contributed by atoms with E-state index in [-0.39, 0.29) is 0 Å². The van der Waals surface area contributed by atoms with Crippen LogP contribution < -0.4 is 0 Å². The van der Waals surface area contributed by atoms with E-state index in [4.69, 9.17) is 0 Å². The molecule has 0 saturated heterocycles. The molecule has 0 amide bonds. The van der Waals surface area contributed by atoms with Gasteiger partial charge in [-0.2, -0.15) is 0 Å². The van der Waals surface area contributed by atoms with E-state index in [1.807, 2.05) is 19.2 Å². The number of pyridine rings is 1. The third-order valence-electron chi connectivity index (χ3n) is 1.81. The van der Waals surface area contributed by atoms with Crippen LogP contribution in [0.5, 0.6) is 0 Å². The zero-order valence-corrected chi connectivity index (χ0v) is 8.64. The lowest BCUT2D eigenvalue weighted by Crippen LogP contribution is -1.73. The molecule has 2 aromatic heterocycles. The highest BCUT2D eigenvalue weighted by molar-refractivity contribution is 7.13. The van der Waals surface area contributed by atoms with Crippen LogP contribution in [0.15, 0.2) is 36.0 Å². The van der Waals surface area contributed by atoms with Crippen molar-refractivity contribution in [2.75, 3.05) is 0 Å². The second kappa shape index (κ2) is 4.08. The van der Waals surface area contributed by atoms with Crippen molar-refractivity contribution in [2.45, 2.75) is 6.92 Å². The summed E-state index contributed by atoms with van der Waals surface area (Å²) in [7, 11) is 0. The molecular weight excluding hydrogens is 190 g/mol. The molecule has 0 spiro atoms. The van der Waals surface area contributed by atoms with Crippen LogP contribution in [0.3, 0.4) is 0 Å². The van der Waals surface area contributed by atoms with Gasteiger partial charge in [-0.1, -0.05) is 12.0 Å². The van der Waals surface area contributed by atoms with Gasteiger partial charge in [-0.3, -0.25) is 4.98 Å². The summed E-state index contributed by atoms with van der Waals surface area (Å²) in [5.74, 6) is 5.93. The number of hydrogen-bond donors (Lipinski definition) is 0. The first kappa shape index (κ1) is 8.98. The van der Waals surface area contributed by atoms with Crippen molar-refractivity contribution in [3.63, 3.8) is 0 Å². The van der Waals surface area contributed by atoms with Crippen LogP contribution in [0.25, 0.3) is 10.4 Å². The van der Waals surface area contributed by atoms with Gasteiger partial charge in [0.2, 0.25) is 0 Å². The summed E-state index contributed by atoms with van der Waals surface area (Å²) in [6, 6.07) is 6.10. The van der Waals surface area contributed by atoms with Gasteiger partial charge in [-0.15, -0.1) is 17.3 Å². The van der Waals surface area contributed by atoms with E-state index < -0.39 is 0 Å². The van der Waals surface area contributed by atoms with Gasteiger partial charge in [-0.25, -0.2) is 0 Å². The molecule has 14 heavy (non-hydrogen) atoms. The van der Waals surface area contributed by atoms with E-state index in [1.165, 1.54) is 4.88 Å². The van der Waals surface area contributed by atoms with Crippen LogP contribution in [0.4, 0.5) is 0 Å². The predicted octanol–water partition coefficient (Wildman–Crippen LogP) is 3.18. The lowest BCUT2D eigenvalue weighted by atomic mass is 10.2. The highest BCUT2D eigenvalue weighted by atomic mass is 32.1. The van der Waals surface area contributed by atoms with Gasteiger partial charge in [0.15, 0.2) is 0 Å². The highest BCUT2D eigenvalue weighted by Gasteiger charge is 1.99. The molecular formula is C12H9NS. The Labute approximate surface area is 87.4 Å². The summed E-state index contributed by atoms with van der Waals surface area (Å²) < 4.78 is 0. The Morgan fingerprint density at radius 2 is 2.36 bits per heavy atom. The first-order valence-electron chi connectivity index (χ1n) is 4.32. The molecule has 0 bridgehead atoms. The fourth-order valence-electron chi connectivity index (χ4n) is 1.21. The summed E-state index contributed by atoms with van der Waals surface area (Å²) in [5, 5.41) is 2.07. The van der Waals surface area contributed by atoms with Crippen molar-refractivity contribution < 1.29 is 0 Å². The standard InChI is InChI=1S/C12H9NS/c1-2-4-10-7-12(14-9-10)11-5-3-6-13-8-11/h3,5-9H,1H3. The SMILES string of the molecule is CC#Cc1csc(-c2cccnc2)c1. The first-order valence-corrected chi connectivity index (χ1v) is 5.20. The topological polar surface area (TPSA) is 12.9 Å². The number of rotatable bonds is 1. The first-order chi connectivity index (χ1) is 6.90. The summed E-state index contributed by atoms with van der Waals surface area (Å²) in [6.45, 7) is 1.85. The Morgan fingerprint density at radius 1 is 1.43 bits per heavy atom. The lowest BCUT2D eigenvalue weighted by molar-refractivity contribution is 1.33. The van der Waals surface area contributed by atoms with Crippen molar-refractivity contribution in [3.05, 3.63) is 41.5 Å². The van der Waals surface area contributed by atoms with E-state index in [1.54, 1.807) is 17.5 Å². The van der Waals surface area contributed by atoms with Crippen molar-refractivity contribution in [1.82, 2.24) is 4.98 Å². The Balaban J connectivity index is 2.37. The molecule has 0 aliphatic heterocycles. The van der Waals surface area contributed by atoms with Crippen molar-refractivity contribution in [2.24, 2.45) is 0 Å². The van der Waals surface area contributed by atoms with Gasteiger partial charge >= 0.3 is 0 Å². The van der Waals surface area contributed by atoms with E-state index in [2.05, 4.69) is 34.3 Å². The molecule has 0 aromatic carbocycles. The van der Waals surface area contributed by atoms with Crippen LogP contribution in [-0.4, -0.2) is 4.98 Å². The quantitative estimate of drug-likeness (QED) is 0.643.